The maximum Gasteiger partial charge on any atom is 0.416 e. The van der Waals surface area contributed by atoms with Gasteiger partial charge in [0.25, 0.3) is 0 Å². The Bertz CT molecular complexity index is 903. The molecule has 0 saturated heterocycles. The molecule has 0 saturated carbocycles. The van der Waals surface area contributed by atoms with Crippen molar-refractivity contribution in [1.82, 2.24) is 9.97 Å². The van der Waals surface area contributed by atoms with Crippen LogP contribution in [0.15, 0.2) is 24.4 Å². The van der Waals surface area contributed by atoms with E-state index in [-0.39, 0.29) is 5.82 Å². The highest BCUT2D eigenvalue weighted by Gasteiger charge is 2.30. The summed E-state index contributed by atoms with van der Waals surface area (Å²) >= 11 is 6.25. The van der Waals surface area contributed by atoms with Gasteiger partial charge in [-0.2, -0.15) is 13.2 Å². The lowest BCUT2D eigenvalue weighted by Gasteiger charge is -2.11. The van der Waals surface area contributed by atoms with Gasteiger partial charge >= 0.3 is 6.18 Å². The summed E-state index contributed by atoms with van der Waals surface area (Å²) in [7, 11) is 0. The molecule has 0 bridgehead atoms. The maximum atomic E-state index is 12.8. The van der Waals surface area contributed by atoms with E-state index >= 15 is 0 Å². The number of anilines is 2. The number of halogens is 4. The third-order valence-corrected chi connectivity index (χ3v) is 3.99. The van der Waals surface area contributed by atoms with Crippen molar-refractivity contribution in [2.24, 2.45) is 5.73 Å². The maximum absolute atomic E-state index is 12.8. The topological polar surface area (TPSA) is 63.8 Å². The first-order chi connectivity index (χ1) is 11.6. The van der Waals surface area contributed by atoms with E-state index in [9.17, 15) is 13.2 Å². The predicted octanol–water partition coefficient (Wildman–Crippen LogP) is 3.39. The molecule has 0 fully saturated rings. The molecule has 4 nitrogen and oxygen atoms in total. The van der Waals surface area contributed by atoms with E-state index in [0.717, 1.165) is 18.3 Å². The minimum absolute atomic E-state index is 0.0465. The Kier molecular flexibility index (Phi) is 5.57. The zero-order valence-electron chi connectivity index (χ0n) is 14.0. The fourth-order valence-electron chi connectivity index (χ4n) is 2.21. The lowest BCUT2D eigenvalue weighted by molar-refractivity contribution is -0.137. The standard InChI is InChI=1S/C17H18ClF3N4/c1-4-13(18)15-12(10(3)22)7-9(2)16(25-15)24-14-8-11(5-6-23-14)17(19,20)21/h5-8H,4,22H2,1-3H3,(H,23,24,25)/b12-10+,15-13-. The molecule has 0 radical (unpaired) electrons. The summed E-state index contributed by atoms with van der Waals surface area (Å²) in [4.78, 5) is 8.37. The van der Waals surface area contributed by atoms with Crippen LogP contribution in [0, 0.1) is 6.92 Å². The fourth-order valence-corrected chi connectivity index (χ4v) is 2.36. The molecule has 0 spiro atoms. The van der Waals surface area contributed by atoms with Crippen molar-refractivity contribution in [2.45, 2.75) is 33.4 Å². The van der Waals surface area contributed by atoms with E-state index in [2.05, 4.69) is 15.3 Å². The summed E-state index contributed by atoms with van der Waals surface area (Å²) in [6.45, 7) is 5.39. The molecule has 2 aromatic heterocycles. The number of nitrogens with zero attached hydrogens (tertiary/aromatic N) is 2. The van der Waals surface area contributed by atoms with Gasteiger partial charge in [-0.1, -0.05) is 18.5 Å². The first-order valence-electron chi connectivity index (χ1n) is 7.56. The van der Waals surface area contributed by atoms with Crippen LogP contribution in [0.4, 0.5) is 24.8 Å². The fraction of sp³-hybridized carbons (Fsp3) is 0.294. The molecule has 0 aliphatic carbocycles. The van der Waals surface area contributed by atoms with Crippen molar-refractivity contribution in [3.63, 3.8) is 0 Å². The molecule has 134 valence electrons. The van der Waals surface area contributed by atoms with Gasteiger partial charge in [0.15, 0.2) is 0 Å². The number of rotatable bonds is 3. The number of hydrogen-bond donors (Lipinski definition) is 2. The molecule has 3 N–H and O–H groups in total. The summed E-state index contributed by atoms with van der Waals surface area (Å²) < 4.78 is 38.5. The molecule has 2 rings (SSSR count). The van der Waals surface area contributed by atoms with Crippen molar-refractivity contribution < 1.29 is 13.2 Å². The molecule has 8 heteroatoms. The molecule has 2 heterocycles. The molecular formula is C17H18ClF3N4. The van der Waals surface area contributed by atoms with Crippen molar-refractivity contribution in [3.8, 4) is 0 Å². The Hall–Kier alpha value is -2.28. The van der Waals surface area contributed by atoms with Crippen molar-refractivity contribution in [1.29, 1.82) is 0 Å². The first-order valence-corrected chi connectivity index (χ1v) is 7.94. The highest BCUT2D eigenvalue weighted by atomic mass is 35.5. The summed E-state index contributed by atoms with van der Waals surface area (Å²) in [5.41, 5.74) is 6.37. The lowest BCUT2D eigenvalue weighted by atomic mass is 10.2. The number of hydrogen-bond acceptors (Lipinski definition) is 4. The van der Waals surface area contributed by atoms with Gasteiger partial charge in [-0.25, -0.2) is 9.97 Å². The van der Waals surface area contributed by atoms with E-state index in [0.29, 0.717) is 39.1 Å². The first kappa shape index (κ1) is 19.1. The largest absolute Gasteiger partial charge is 0.416 e. The average molecular weight is 371 g/mol. The summed E-state index contributed by atoms with van der Waals surface area (Å²) in [5, 5.41) is 4.54. The molecule has 0 aliphatic heterocycles. The number of aromatic nitrogens is 2. The van der Waals surface area contributed by atoms with Gasteiger partial charge in [0, 0.05) is 22.1 Å². The van der Waals surface area contributed by atoms with Crippen LogP contribution in [0.2, 0.25) is 0 Å². The van der Waals surface area contributed by atoms with E-state index in [4.69, 9.17) is 17.3 Å². The molecule has 25 heavy (non-hydrogen) atoms. The van der Waals surface area contributed by atoms with Gasteiger partial charge in [0.05, 0.1) is 10.9 Å². The molecule has 0 amide bonds. The van der Waals surface area contributed by atoms with Gasteiger partial charge in [0.2, 0.25) is 0 Å². The van der Waals surface area contributed by atoms with Gasteiger partial charge in [0.1, 0.15) is 11.6 Å². The van der Waals surface area contributed by atoms with Crippen LogP contribution >= 0.6 is 11.6 Å². The normalized spacial score (nSPS) is 14.2. The molecule has 2 aromatic rings. The van der Waals surface area contributed by atoms with Crippen LogP contribution in [0.25, 0.3) is 10.7 Å². The SMILES string of the molecule is CC/C(Cl)=c1/nc(Nc2cc(C(F)(F)F)ccn2)c(C)c/c1=C(/C)N. The Labute approximate surface area is 148 Å². The van der Waals surface area contributed by atoms with Crippen LogP contribution in [-0.2, 0) is 6.18 Å². The number of nitrogens with two attached hydrogens (primary N) is 1. The smallest absolute Gasteiger partial charge is 0.402 e. The Morgan fingerprint density at radius 3 is 2.56 bits per heavy atom. The monoisotopic (exact) mass is 370 g/mol. The molecule has 0 aliphatic rings. The second-order valence-electron chi connectivity index (χ2n) is 5.54. The minimum Gasteiger partial charge on any atom is -0.402 e. The Morgan fingerprint density at radius 2 is 2.00 bits per heavy atom. The number of aryl methyl sites for hydroxylation is 1. The van der Waals surface area contributed by atoms with Crippen LogP contribution < -0.4 is 21.6 Å². The van der Waals surface area contributed by atoms with Gasteiger partial charge < -0.3 is 11.1 Å². The Balaban J connectivity index is 2.58. The molecule has 0 aromatic carbocycles. The number of nitrogens with one attached hydrogen (secondary N) is 1. The van der Waals surface area contributed by atoms with Crippen LogP contribution in [-0.4, -0.2) is 9.97 Å². The third-order valence-electron chi connectivity index (χ3n) is 3.54. The number of pyridine rings is 2. The van der Waals surface area contributed by atoms with Crippen LogP contribution in [0.3, 0.4) is 0 Å². The Morgan fingerprint density at radius 1 is 1.32 bits per heavy atom. The highest BCUT2D eigenvalue weighted by molar-refractivity contribution is 6.44. The van der Waals surface area contributed by atoms with E-state index in [1.165, 1.54) is 0 Å². The highest BCUT2D eigenvalue weighted by Crippen LogP contribution is 2.30. The zero-order valence-corrected chi connectivity index (χ0v) is 14.8. The summed E-state index contributed by atoms with van der Waals surface area (Å²) in [6, 6.07) is 3.64. The van der Waals surface area contributed by atoms with Crippen molar-refractivity contribution >= 4 is 34.0 Å². The lowest BCUT2D eigenvalue weighted by Crippen LogP contribution is -2.34. The zero-order chi connectivity index (χ0) is 18.8. The van der Waals surface area contributed by atoms with Gasteiger partial charge in [-0.05, 0) is 44.0 Å². The van der Waals surface area contributed by atoms with E-state index in [1.807, 2.05) is 6.92 Å². The third kappa shape index (κ3) is 4.42. The molecular weight excluding hydrogens is 353 g/mol. The van der Waals surface area contributed by atoms with Crippen molar-refractivity contribution in [2.75, 3.05) is 5.32 Å². The van der Waals surface area contributed by atoms with Gasteiger partial charge in [-0.15, -0.1) is 0 Å². The summed E-state index contributed by atoms with van der Waals surface area (Å²) in [6.07, 6.45) is -2.79. The van der Waals surface area contributed by atoms with E-state index in [1.54, 1.807) is 19.9 Å². The summed E-state index contributed by atoms with van der Waals surface area (Å²) in [5.74, 6) is 0.420. The van der Waals surface area contributed by atoms with E-state index < -0.39 is 11.7 Å². The minimum atomic E-state index is -4.44. The quantitative estimate of drug-likeness (QED) is 0.869. The van der Waals surface area contributed by atoms with Gasteiger partial charge in [-0.3, -0.25) is 0 Å². The van der Waals surface area contributed by atoms with Crippen LogP contribution in [0.5, 0.6) is 0 Å². The molecule has 0 atom stereocenters. The second kappa shape index (κ2) is 7.31. The molecule has 0 unspecified atom stereocenters. The van der Waals surface area contributed by atoms with Crippen molar-refractivity contribution in [3.05, 3.63) is 46.1 Å². The predicted molar refractivity (Wildman–Crippen MR) is 93.6 cm³/mol. The average Bonchev–Trinajstić information content (AvgIpc) is 2.55. The van der Waals surface area contributed by atoms with Crippen LogP contribution in [0.1, 0.15) is 31.4 Å². The number of alkyl halides is 3. The second-order valence-corrected chi connectivity index (χ2v) is 6.00.